The fourth-order valence-corrected chi connectivity index (χ4v) is 4.77. The number of pyridine rings is 1. The zero-order chi connectivity index (χ0) is 21.8. The van der Waals surface area contributed by atoms with Crippen molar-refractivity contribution in [2.24, 2.45) is 7.05 Å². The molecule has 0 aliphatic rings. The zero-order valence-corrected chi connectivity index (χ0v) is 18.1. The molecule has 0 amide bonds. The molecule has 2 N–H and O–H groups in total. The zero-order valence-electron chi connectivity index (χ0n) is 17.2. The Balaban J connectivity index is 1.49. The maximum Gasteiger partial charge on any atom is 0.169 e. The van der Waals surface area contributed by atoms with Crippen molar-refractivity contribution in [1.82, 2.24) is 34.9 Å². The average Bonchev–Trinajstić information content (AvgIpc) is 3.56. The van der Waals surface area contributed by atoms with Crippen LogP contribution in [0.3, 0.4) is 0 Å². The summed E-state index contributed by atoms with van der Waals surface area (Å²) >= 11 is 1.46. The standard InChI is InChI=1S/C23H17N7OS/c1-12(31)18-5-6-19(32-18)15-7-8-24-22-20(15)26-23(27-22)21-16-9-13(3-4-17(16)28-29-21)14-10-25-30(2)11-14/h3-11H,1-2H3,(H,28,29)(H,24,26,27). The summed E-state index contributed by atoms with van der Waals surface area (Å²) in [6, 6.07) is 11.9. The van der Waals surface area contributed by atoms with E-state index in [1.165, 1.54) is 11.3 Å². The van der Waals surface area contributed by atoms with Crippen LogP contribution in [0.25, 0.3) is 55.2 Å². The molecule has 5 heterocycles. The van der Waals surface area contributed by atoms with Gasteiger partial charge in [-0.2, -0.15) is 10.2 Å². The van der Waals surface area contributed by atoms with Gasteiger partial charge in [0.15, 0.2) is 17.3 Å². The number of imidazole rings is 1. The Morgan fingerprint density at radius 3 is 2.81 bits per heavy atom. The Kier molecular flexibility index (Phi) is 4.05. The van der Waals surface area contributed by atoms with Crippen LogP contribution in [-0.2, 0) is 7.05 Å². The van der Waals surface area contributed by atoms with E-state index in [2.05, 4.69) is 31.3 Å². The molecule has 0 saturated heterocycles. The minimum Gasteiger partial charge on any atom is -0.321 e. The molecule has 0 bridgehead atoms. The van der Waals surface area contributed by atoms with Crippen molar-refractivity contribution in [3.8, 4) is 33.1 Å². The van der Waals surface area contributed by atoms with E-state index in [1.807, 2.05) is 49.8 Å². The van der Waals surface area contributed by atoms with Crippen molar-refractivity contribution < 1.29 is 4.79 Å². The third-order valence-electron chi connectivity index (χ3n) is 5.43. The monoisotopic (exact) mass is 439 g/mol. The van der Waals surface area contributed by atoms with Gasteiger partial charge in [0.25, 0.3) is 0 Å². The van der Waals surface area contributed by atoms with Crippen molar-refractivity contribution in [1.29, 1.82) is 0 Å². The normalized spacial score (nSPS) is 11.6. The number of carbonyl (C=O) groups is 1. The number of carbonyl (C=O) groups excluding carboxylic acids is 1. The van der Waals surface area contributed by atoms with E-state index in [-0.39, 0.29) is 5.78 Å². The Morgan fingerprint density at radius 1 is 1.12 bits per heavy atom. The van der Waals surface area contributed by atoms with Crippen LogP contribution < -0.4 is 0 Å². The van der Waals surface area contributed by atoms with E-state index >= 15 is 0 Å². The number of Topliss-reactive ketones (excluding diaryl/α,β-unsaturated/α-hetero) is 1. The number of hydrogen-bond donors (Lipinski definition) is 2. The second kappa shape index (κ2) is 6.96. The number of rotatable bonds is 4. The summed E-state index contributed by atoms with van der Waals surface area (Å²) in [5.74, 6) is 0.694. The van der Waals surface area contributed by atoms with Crippen molar-refractivity contribution in [3.05, 3.63) is 59.9 Å². The topological polar surface area (TPSA) is 105 Å². The highest BCUT2D eigenvalue weighted by molar-refractivity contribution is 7.17. The SMILES string of the molecule is CC(=O)c1ccc(-c2ccnc3[nH]c(-c4n[nH]c5ccc(-c6cnn(C)c6)cc45)nc23)s1. The molecule has 32 heavy (non-hydrogen) atoms. The molecule has 6 aromatic rings. The quantitative estimate of drug-likeness (QED) is 0.383. The van der Waals surface area contributed by atoms with E-state index in [0.29, 0.717) is 11.5 Å². The highest BCUT2D eigenvalue weighted by atomic mass is 32.1. The van der Waals surface area contributed by atoms with Crippen LogP contribution in [0, 0.1) is 0 Å². The summed E-state index contributed by atoms with van der Waals surface area (Å²) < 4.78 is 1.78. The molecule has 0 unspecified atom stereocenters. The van der Waals surface area contributed by atoms with Gasteiger partial charge in [-0.3, -0.25) is 14.6 Å². The molecule has 0 atom stereocenters. The fourth-order valence-electron chi connectivity index (χ4n) is 3.84. The number of fused-ring (bicyclic) bond motifs is 2. The third-order valence-corrected chi connectivity index (χ3v) is 6.65. The molecule has 0 saturated carbocycles. The van der Waals surface area contributed by atoms with Crippen LogP contribution in [0.1, 0.15) is 16.6 Å². The first-order chi connectivity index (χ1) is 15.6. The van der Waals surface area contributed by atoms with Gasteiger partial charge >= 0.3 is 0 Å². The van der Waals surface area contributed by atoms with E-state index in [9.17, 15) is 4.79 Å². The van der Waals surface area contributed by atoms with Crippen molar-refractivity contribution in [3.63, 3.8) is 0 Å². The summed E-state index contributed by atoms with van der Waals surface area (Å²) in [5.41, 5.74) is 6.10. The molecule has 0 aliphatic heterocycles. The van der Waals surface area contributed by atoms with E-state index in [4.69, 9.17) is 4.98 Å². The number of H-pyrrole nitrogens is 2. The molecule has 0 aliphatic carbocycles. The van der Waals surface area contributed by atoms with Crippen LogP contribution in [0.5, 0.6) is 0 Å². The highest BCUT2D eigenvalue weighted by Crippen LogP contribution is 2.35. The van der Waals surface area contributed by atoms with Crippen LogP contribution >= 0.6 is 11.3 Å². The number of benzene rings is 1. The van der Waals surface area contributed by atoms with Gasteiger partial charge in [0.2, 0.25) is 0 Å². The number of hydrogen-bond acceptors (Lipinski definition) is 6. The molecule has 1 aromatic carbocycles. The highest BCUT2D eigenvalue weighted by Gasteiger charge is 2.17. The molecule has 9 heteroatoms. The summed E-state index contributed by atoms with van der Waals surface area (Å²) in [4.78, 5) is 26.0. The number of aromatic amines is 2. The largest absolute Gasteiger partial charge is 0.321 e. The Hall–Kier alpha value is -4.11. The van der Waals surface area contributed by atoms with Gasteiger partial charge in [0.1, 0.15) is 11.2 Å². The second-order valence-electron chi connectivity index (χ2n) is 7.60. The van der Waals surface area contributed by atoms with Crippen LogP contribution in [0.2, 0.25) is 0 Å². The average molecular weight is 440 g/mol. The molecule has 0 spiro atoms. The predicted octanol–water partition coefficient (Wildman–Crippen LogP) is 4.83. The van der Waals surface area contributed by atoms with Crippen LogP contribution in [-0.4, -0.2) is 40.7 Å². The minimum absolute atomic E-state index is 0.0571. The van der Waals surface area contributed by atoms with Crippen LogP contribution in [0.4, 0.5) is 0 Å². The van der Waals surface area contributed by atoms with Gasteiger partial charge in [0, 0.05) is 40.8 Å². The maximum atomic E-state index is 11.7. The van der Waals surface area contributed by atoms with E-state index in [1.54, 1.807) is 17.8 Å². The number of nitrogens with one attached hydrogen (secondary N) is 2. The molecular weight excluding hydrogens is 422 g/mol. The smallest absolute Gasteiger partial charge is 0.169 e. The van der Waals surface area contributed by atoms with E-state index < -0.39 is 0 Å². The number of aryl methyl sites for hydroxylation is 1. The van der Waals surface area contributed by atoms with Crippen LogP contribution in [0.15, 0.2) is 55.0 Å². The van der Waals surface area contributed by atoms with E-state index in [0.717, 1.165) is 48.6 Å². The third kappa shape index (κ3) is 2.94. The van der Waals surface area contributed by atoms with Gasteiger partial charge in [0.05, 0.1) is 16.6 Å². The van der Waals surface area contributed by atoms with Crippen molar-refractivity contribution in [2.45, 2.75) is 6.92 Å². The maximum absolute atomic E-state index is 11.7. The Morgan fingerprint density at radius 2 is 2.03 bits per heavy atom. The molecule has 6 rings (SSSR count). The van der Waals surface area contributed by atoms with Gasteiger partial charge in [-0.25, -0.2) is 9.97 Å². The summed E-state index contributed by atoms with van der Waals surface area (Å²) in [7, 11) is 1.90. The van der Waals surface area contributed by atoms with Gasteiger partial charge in [-0.1, -0.05) is 6.07 Å². The second-order valence-corrected chi connectivity index (χ2v) is 8.68. The number of aromatic nitrogens is 7. The van der Waals surface area contributed by atoms with Gasteiger partial charge in [-0.15, -0.1) is 11.3 Å². The molecule has 0 fully saturated rings. The minimum atomic E-state index is 0.0571. The molecule has 5 aromatic heterocycles. The lowest BCUT2D eigenvalue weighted by Crippen LogP contribution is -1.84. The summed E-state index contributed by atoms with van der Waals surface area (Å²) in [6.07, 6.45) is 5.57. The summed E-state index contributed by atoms with van der Waals surface area (Å²) in [6.45, 7) is 1.58. The number of nitrogens with zero attached hydrogens (tertiary/aromatic N) is 5. The van der Waals surface area contributed by atoms with Crippen molar-refractivity contribution >= 4 is 39.2 Å². The Bertz CT molecular complexity index is 1630. The number of ketones is 1. The first kappa shape index (κ1) is 18.6. The van der Waals surface area contributed by atoms with Gasteiger partial charge < -0.3 is 4.98 Å². The lowest BCUT2D eigenvalue weighted by Gasteiger charge is -1.98. The first-order valence-corrected chi connectivity index (χ1v) is 10.8. The Labute approximate surface area is 186 Å². The molecule has 8 nitrogen and oxygen atoms in total. The first-order valence-electron chi connectivity index (χ1n) is 10.0. The number of thiophene rings is 1. The molecule has 156 valence electrons. The van der Waals surface area contributed by atoms with Gasteiger partial charge in [-0.05, 0) is 42.8 Å². The lowest BCUT2D eigenvalue weighted by atomic mass is 10.1. The van der Waals surface area contributed by atoms with Crippen molar-refractivity contribution in [2.75, 3.05) is 0 Å². The predicted molar refractivity (Wildman–Crippen MR) is 124 cm³/mol. The molecule has 0 radical (unpaired) electrons. The molecular formula is C23H17N7OS. The lowest BCUT2D eigenvalue weighted by molar-refractivity contribution is 0.102. The summed E-state index contributed by atoms with van der Waals surface area (Å²) in [5, 5.41) is 12.8. The fraction of sp³-hybridized carbons (Fsp3) is 0.0870.